The van der Waals surface area contributed by atoms with Crippen LogP contribution in [0.15, 0.2) is 18.2 Å². The quantitative estimate of drug-likeness (QED) is 0.258. The molecule has 1 amide bonds. The molecule has 6 atom stereocenters. The van der Waals surface area contributed by atoms with E-state index in [4.69, 9.17) is 23.3 Å². The fourth-order valence-corrected chi connectivity index (χ4v) is 7.77. The average Bonchev–Trinajstić information content (AvgIpc) is 3.16. The maximum Gasteiger partial charge on any atom is 0.412 e. The molecule has 9 heteroatoms. The zero-order chi connectivity index (χ0) is 39.7. The summed E-state index contributed by atoms with van der Waals surface area (Å²) >= 11 is 0. The minimum Gasteiger partial charge on any atom is -0.444 e. The minimum absolute atomic E-state index is 0.0362. The second kappa shape index (κ2) is 13.2. The van der Waals surface area contributed by atoms with E-state index in [1.54, 1.807) is 12.1 Å². The standard InChI is InChI=1S/C39H68N2O5Si2/c1-34(2,3)45-33(42)41-31-17-16-30(40-32(31)28-18-20-37(10,11)21-19-28)29-24-38(26-43-47(12,13)35(4,5)6)22-23-39(25-29,46-38)27-44-48(14,15)36(7,8)9/h16-18,29H,19-27H2,1-15H3,(H,41,42)/i22D,23D,24D,29D. The Morgan fingerprint density at radius 1 is 0.979 bits per heavy atom. The Morgan fingerprint density at radius 2 is 1.54 bits per heavy atom. The molecule has 0 aromatic carbocycles. The lowest BCUT2D eigenvalue weighted by Crippen LogP contribution is -2.53. The Morgan fingerprint density at radius 3 is 2.06 bits per heavy atom. The average molecular weight is 705 g/mol. The number of ether oxygens (including phenoxy) is 2. The zero-order valence-electron chi connectivity index (χ0n) is 36.7. The molecule has 0 radical (unpaired) electrons. The van der Waals surface area contributed by atoms with E-state index >= 15 is 0 Å². The first-order chi connectivity index (χ1) is 23.3. The molecule has 2 bridgehead atoms. The number of nitrogens with one attached hydrogen (secondary N) is 1. The van der Waals surface area contributed by atoms with Gasteiger partial charge in [0.1, 0.15) is 5.60 Å². The van der Waals surface area contributed by atoms with Crippen molar-refractivity contribution in [1.29, 1.82) is 0 Å². The normalized spacial score (nSPS) is 34.0. The van der Waals surface area contributed by atoms with Crippen LogP contribution in [0.1, 0.15) is 144 Å². The van der Waals surface area contributed by atoms with E-state index in [9.17, 15) is 10.3 Å². The van der Waals surface area contributed by atoms with E-state index in [1.165, 1.54) is 0 Å². The second-order valence-electron chi connectivity index (χ2n) is 19.2. The van der Waals surface area contributed by atoms with Crippen molar-refractivity contribution in [1.82, 2.24) is 4.98 Å². The van der Waals surface area contributed by atoms with E-state index in [1.807, 2.05) is 20.8 Å². The molecule has 2 saturated heterocycles. The Hall–Kier alpha value is -1.53. The number of nitrogens with zero attached hydrogens (tertiary/aromatic N) is 1. The highest BCUT2D eigenvalue weighted by Crippen LogP contribution is 2.55. The molecule has 1 aromatic heterocycles. The number of anilines is 1. The van der Waals surface area contributed by atoms with E-state index in [2.05, 4.69) is 93.0 Å². The van der Waals surface area contributed by atoms with Gasteiger partial charge in [-0.05, 0) is 125 Å². The number of allylic oxidation sites excluding steroid dienone is 2. The summed E-state index contributed by atoms with van der Waals surface area (Å²) in [6.07, 6.45) is 0.524. The van der Waals surface area contributed by atoms with Gasteiger partial charge in [-0.2, -0.15) is 0 Å². The van der Waals surface area contributed by atoms with Gasteiger partial charge in [-0.3, -0.25) is 10.3 Å². The summed E-state index contributed by atoms with van der Waals surface area (Å²) in [5, 5.41) is 2.67. The van der Waals surface area contributed by atoms with Gasteiger partial charge < -0.3 is 18.3 Å². The van der Waals surface area contributed by atoms with Crippen molar-refractivity contribution in [2.45, 2.75) is 180 Å². The number of carbonyl (C=O) groups excluding carboxylic acids is 1. The molecule has 48 heavy (non-hydrogen) atoms. The van der Waals surface area contributed by atoms with Crippen molar-refractivity contribution in [3.8, 4) is 0 Å². The summed E-state index contributed by atoms with van der Waals surface area (Å²) in [5.74, 6) is -1.69. The van der Waals surface area contributed by atoms with Gasteiger partial charge in [-0.1, -0.05) is 61.5 Å². The molecular weight excluding hydrogens is 633 g/mol. The Kier molecular flexibility index (Phi) is 9.26. The lowest BCUT2D eigenvalue weighted by atomic mass is 9.77. The van der Waals surface area contributed by atoms with Crippen LogP contribution >= 0.6 is 0 Å². The number of aromatic nitrogens is 1. The zero-order valence-corrected chi connectivity index (χ0v) is 34.7. The van der Waals surface area contributed by atoms with Gasteiger partial charge in [0, 0.05) is 17.1 Å². The number of carbonyl (C=O) groups is 1. The number of hydrogen-bond donors (Lipinski definition) is 1. The van der Waals surface area contributed by atoms with Gasteiger partial charge in [-0.25, -0.2) is 4.79 Å². The summed E-state index contributed by atoms with van der Waals surface area (Å²) in [4.78, 5) is 18.2. The van der Waals surface area contributed by atoms with E-state index in [-0.39, 0.29) is 35.1 Å². The topological polar surface area (TPSA) is 78.9 Å². The molecule has 7 nitrogen and oxygen atoms in total. The van der Waals surface area contributed by atoms with E-state index in [0.717, 1.165) is 24.8 Å². The van der Waals surface area contributed by atoms with Crippen molar-refractivity contribution in [2.24, 2.45) is 5.41 Å². The van der Waals surface area contributed by atoms with Crippen LogP contribution in [0.25, 0.3) is 5.57 Å². The van der Waals surface area contributed by atoms with Crippen LogP contribution in [0.4, 0.5) is 10.5 Å². The third-order valence-electron chi connectivity index (χ3n) is 11.1. The lowest BCUT2D eigenvalue weighted by Gasteiger charge is -2.47. The Balaban J connectivity index is 1.88. The van der Waals surface area contributed by atoms with Gasteiger partial charge >= 0.3 is 6.09 Å². The van der Waals surface area contributed by atoms with Crippen LogP contribution in [0, 0.1) is 5.41 Å². The molecule has 2 fully saturated rings. The summed E-state index contributed by atoms with van der Waals surface area (Å²) in [6.45, 7) is 31.3. The number of pyridine rings is 1. The third-order valence-corrected chi connectivity index (χ3v) is 20.0. The van der Waals surface area contributed by atoms with Crippen LogP contribution in [0.5, 0.6) is 0 Å². The number of rotatable bonds is 9. The van der Waals surface area contributed by atoms with Crippen LogP contribution in [0.2, 0.25) is 36.3 Å². The lowest BCUT2D eigenvalue weighted by molar-refractivity contribution is -0.173. The first-order valence-electron chi connectivity index (χ1n) is 20.0. The molecule has 1 N–H and O–H groups in total. The molecule has 3 aliphatic rings. The summed E-state index contributed by atoms with van der Waals surface area (Å²) < 4.78 is 65.3. The van der Waals surface area contributed by atoms with Gasteiger partial charge in [0.2, 0.25) is 0 Å². The largest absolute Gasteiger partial charge is 0.444 e. The summed E-state index contributed by atoms with van der Waals surface area (Å²) in [6, 6.07) is 3.47. The predicted octanol–water partition coefficient (Wildman–Crippen LogP) is 11.2. The van der Waals surface area contributed by atoms with Crippen molar-refractivity contribution in [3.63, 3.8) is 0 Å². The highest BCUT2D eigenvalue weighted by molar-refractivity contribution is 6.74. The highest BCUT2D eigenvalue weighted by Gasteiger charge is 2.57. The molecule has 1 aromatic rings. The van der Waals surface area contributed by atoms with Crippen molar-refractivity contribution in [2.75, 3.05) is 18.5 Å². The second-order valence-corrected chi connectivity index (χ2v) is 28.8. The number of hydrogen-bond acceptors (Lipinski definition) is 6. The number of fused-ring (bicyclic) bond motifs is 2. The molecule has 1 aliphatic carbocycles. The van der Waals surface area contributed by atoms with Gasteiger partial charge in [-0.15, -0.1) is 0 Å². The molecule has 0 spiro atoms. The molecule has 272 valence electrons. The van der Waals surface area contributed by atoms with Crippen LogP contribution in [-0.2, 0) is 18.3 Å². The van der Waals surface area contributed by atoms with Gasteiger partial charge in [0.25, 0.3) is 0 Å². The van der Waals surface area contributed by atoms with Crippen molar-refractivity contribution < 1.29 is 28.6 Å². The maximum atomic E-state index is 13.0. The predicted molar refractivity (Wildman–Crippen MR) is 204 cm³/mol. The summed E-state index contributed by atoms with van der Waals surface area (Å²) in [5.41, 5.74) is -1.12. The molecule has 0 saturated carbocycles. The Bertz CT molecular complexity index is 1540. The van der Waals surface area contributed by atoms with E-state index < -0.39 is 64.6 Å². The smallest absolute Gasteiger partial charge is 0.412 e. The highest BCUT2D eigenvalue weighted by atomic mass is 28.4. The molecule has 6 unspecified atom stereocenters. The number of amides is 1. The van der Waals surface area contributed by atoms with Gasteiger partial charge in [0.15, 0.2) is 16.6 Å². The molecule has 4 rings (SSSR count). The fraction of sp³-hybridized carbons (Fsp3) is 0.795. The van der Waals surface area contributed by atoms with Crippen LogP contribution in [0.3, 0.4) is 0 Å². The third kappa shape index (κ3) is 9.22. The SMILES string of the molecule is [2H]C1C([2H])C2(CO[Si](C)(C)C(C)(C)C)OC1(CO[Si](C)(C)C(C)(C)C)CC([2H])(c1ccc(NC(=O)OC(C)(C)C)c(C3=CCC(C)(C)CC3)n1)C2[2H]. The first kappa shape index (κ1) is 33.6. The molecule has 3 heterocycles. The maximum absolute atomic E-state index is 13.0. The monoisotopic (exact) mass is 704 g/mol. The molecule has 2 aliphatic heterocycles. The first-order valence-corrected chi connectivity index (χ1v) is 23.6. The fourth-order valence-electron chi connectivity index (χ4n) is 5.71. The van der Waals surface area contributed by atoms with Crippen LogP contribution in [-0.4, -0.2) is 57.7 Å². The van der Waals surface area contributed by atoms with Crippen LogP contribution < -0.4 is 5.32 Å². The minimum atomic E-state index is -2.39. The summed E-state index contributed by atoms with van der Waals surface area (Å²) in [7, 11) is -4.73. The Labute approximate surface area is 300 Å². The molecular formula is C39H68N2O5Si2. The van der Waals surface area contributed by atoms with Gasteiger partial charge in [0.05, 0.1) is 35.8 Å². The van der Waals surface area contributed by atoms with E-state index in [0.29, 0.717) is 17.1 Å². The van der Waals surface area contributed by atoms with Crippen molar-refractivity contribution >= 4 is 34.0 Å². The van der Waals surface area contributed by atoms with Crippen molar-refractivity contribution in [3.05, 3.63) is 29.6 Å².